The van der Waals surface area contributed by atoms with Gasteiger partial charge in [-0.05, 0) is 62.8 Å². The van der Waals surface area contributed by atoms with Gasteiger partial charge in [0.2, 0.25) is 0 Å². The van der Waals surface area contributed by atoms with Crippen LogP contribution in [0.4, 0.5) is 0 Å². The first-order chi connectivity index (χ1) is 11.7. The Morgan fingerprint density at radius 3 is 2.46 bits per heavy atom. The molecular weight excluding hydrogens is 291 g/mol. The maximum absolute atomic E-state index is 5.00. The van der Waals surface area contributed by atoms with Crippen LogP contribution in [-0.2, 0) is 0 Å². The summed E-state index contributed by atoms with van der Waals surface area (Å²) >= 11 is 0. The molecule has 2 nitrogen and oxygen atoms in total. The van der Waals surface area contributed by atoms with Crippen LogP contribution >= 0.6 is 0 Å². The molecule has 0 spiro atoms. The third-order valence-electron chi connectivity index (χ3n) is 4.84. The molecule has 0 atom stereocenters. The summed E-state index contributed by atoms with van der Waals surface area (Å²) in [5.74, 6) is 0. The highest BCUT2D eigenvalue weighted by molar-refractivity contribution is 6.35. The van der Waals surface area contributed by atoms with Gasteiger partial charge in [-0.15, -0.1) is 0 Å². The van der Waals surface area contributed by atoms with Crippen molar-refractivity contribution in [3.63, 3.8) is 0 Å². The number of aliphatic imine (C=N–C) groups is 1. The average Bonchev–Trinajstić information content (AvgIpc) is 2.84. The second-order valence-corrected chi connectivity index (χ2v) is 6.86. The molecule has 1 aromatic carbocycles. The summed E-state index contributed by atoms with van der Waals surface area (Å²) < 4.78 is 2.20. The van der Waals surface area contributed by atoms with Crippen LogP contribution in [0, 0.1) is 6.92 Å². The van der Waals surface area contributed by atoms with Crippen LogP contribution in [0.5, 0.6) is 0 Å². The summed E-state index contributed by atoms with van der Waals surface area (Å²) in [5, 5.41) is 0. The summed E-state index contributed by atoms with van der Waals surface area (Å²) in [7, 11) is 2.18. The first-order valence-electron chi connectivity index (χ1n) is 9.16. The van der Waals surface area contributed by atoms with E-state index in [1.165, 1.54) is 53.7 Å². The standard InChI is InChI=1S/C21H27BN2/c1-3-20(23-18-8-6-4-5-7-9-18)17-10-11-21(19(22)14-17)24-13-12-16(2)15-24/h3,10-15H,4-9,22H2,1-2H3/b20-3-. The lowest BCUT2D eigenvalue weighted by molar-refractivity contribution is 0.702. The Morgan fingerprint density at radius 2 is 1.88 bits per heavy atom. The number of nitrogens with zero attached hydrogens (tertiary/aromatic N) is 2. The fourth-order valence-electron chi connectivity index (χ4n) is 3.47. The van der Waals surface area contributed by atoms with E-state index >= 15 is 0 Å². The predicted octanol–water partition coefficient (Wildman–Crippen LogP) is 4.20. The average molecular weight is 318 g/mol. The molecule has 1 heterocycles. The van der Waals surface area contributed by atoms with E-state index in [4.69, 9.17) is 4.99 Å². The van der Waals surface area contributed by atoms with Gasteiger partial charge < -0.3 is 4.57 Å². The maximum Gasteiger partial charge on any atom is 0.142 e. The molecule has 3 rings (SSSR count). The molecule has 3 heteroatoms. The van der Waals surface area contributed by atoms with Crippen molar-refractivity contribution in [2.24, 2.45) is 4.99 Å². The highest BCUT2D eigenvalue weighted by atomic mass is 14.9. The Kier molecular flexibility index (Phi) is 5.39. The van der Waals surface area contributed by atoms with Crippen LogP contribution in [0.25, 0.3) is 11.4 Å². The molecule has 1 aliphatic rings. The zero-order valence-electron chi connectivity index (χ0n) is 15.2. The maximum atomic E-state index is 5.00. The molecule has 0 N–H and O–H groups in total. The molecule has 24 heavy (non-hydrogen) atoms. The van der Waals surface area contributed by atoms with Gasteiger partial charge in [0.25, 0.3) is 0 Å². The summed E-state index contributed by atoms with van der Waals surface area (Å²) in [6.45, 7) is 4.22. The molecule has 1 aromatic heterocycles. The smallest absolute Gasteiger partial charge is 0.142 e. The Bertz CT molecular complexity index is 758. The van der Waals surface area contributed by atoms with Gasteiger partial charge in [0.1, 0.15) is 7.85 Å². The fraction of sp³-hybridized carbons (Fsp3) is 0.381. The van der Waals surface area contributed by atoms with Crippen LogP contribution in [-0.4, -0.2) is 18.1 Å². The molecular formula is C21H27BN2. The number of allylic oxidation sites excluding steroid dienone is 1. The third-order valence-corrected chi connectivity index (χ3v) is 4.84. The number of aryl methyl sites for hydroxylation is 1. The van der Waals surface area contributed by atoms with Crippen molar-refractivity contribution in [3.05, 3.63) is 53.9 Å². The quantitative estimate of drug-likeness (QED) is 0.596. The number of hydrogen-bond acceptors (Lipinski definition) is 1. The van der Waals surface area contributed by atoms with E-state index < -0.39 is 0 Å². The Morgan fingerprint density at radius 1 is 1.12 bits per heavy atom. The van der Waals surface area contributed by atoms with Gasteiger partial charge in [-0.3, -0.25) is 4.99 Å². The lowest BCUT2D eigenvalue weighted by Crippen LogP contribution is -2.12. The summed E-state index contributed by atoms with van der Waals surface area (Å²) in [6, 6.07) is 8.82. The predicted molar refractivity (Wildman–Crippen MR) is 107 cm³/mol. The van der Waals surface area contributed by atoms with Crippen molar-refractivity contribution in [1.82, 2.24) is 4.57 Å². The second-order valence-electron chi connectivity index (χ2n) is 6.86. The molecule has 2 aromatic rings. The Balaban J connectivity index is 1.87. The Labute approximate surface area is 146 Å². The minimum atomic E-state index is 1.12. The van der Waals surface area contributed by atoms with E-state index in [1.807, 2.05) is 0 Å². The number of rotatable bonds is 3. The normalized spacial score (nSPS) is 16.1. The van der Waals surface area contributed by atoms with Crippen LogP contribution in [0.15, 0.2) is 47.7 Å². The molecule has 0 unspecified atom stereocenters. The van der Waals surface area contributed by atoms with Crippen LogP contribution in [0.3, 0.4) is 0 Å². The molecule has 0 saturated heterocycles. The first kappa shape index (κ1) is 16.8. The van der Waals surface area contributed by atoms with Gasteiger partial charge in [-0.25, -0.2) is 0 Å². The molecule has 1 saturated carbocycles. The van der Waals surface area contributed by atoms with Crippen molar-refractivity contribution in [3.8, 4) is 5.69 Å². The van der Waals surface area contributed by atoms with Gasteiger partial charge in [-0.1, -0.05) is 36.5 Å². The van der Waals surface area contributed by atoms with Crippen LogP contribution in [0.1, 0.15) is 56.6 Å². The largest absolute Gasteiger partial charge is 0.324 e. The van der Waals surface area contributed by atoms with Gasteiger partial charge >= 0.3 is 0 Å². The van der Waals surface area contributed by atoms with E-state index in [2.05, 4.69) is 69.0 Å². The summed E-state index contributed by atoms with van der Waals surface area (Å²) in [5.41, 5.74) is 7.52. The molecule has 0 aliphatic heterocycles. The molecule has 0 radical (unpaired) electrons. The lowest BCUT2D eigenvalue weighted by atomic mass is 9.91. The fourth-order valence-corrected chi connectivity index (χ4v) is 3.47. The van der Waals surface area contributed by atoms with Crippen molar-refractivity contribution in [2.75, 3.05) is 0 Å². The molecule has 124 valence electrons. The van der Waals surface area contributed by atoms with Gasteiger partial charge in [0.15, 0.2) is 0 Å². The van der Waals surface area contributed by atoms with Gasteiger partial charge in [-0.2, -0.15) is 0 Å². The van der Waals surface area contributed by atoms with Crippen LogP contribution < -0.4 is 5.46 Å². The molecule has 1 aliphatic carbocycles. The second kappa shape index (κ2) is 7.70. The number of benzene rings is 1. The van der Waals surface area contributed by atoms with E-state index in [1.54, 1.807) is 0 Å². The van der Waals surface area contributed by atoms with E-state index in [-0.39, 0.29) is 0 Å². The molecule has 0 amide bonds. The SMILES string of the molecule is Bc1cc(/C(=C/C)N=C2CCCCCC2)ccc1-n1ccc(C)c1. The third kappa shape index (κ3) is 3.89. The summed E-state index contributed by atoms with van der Waals surface area (Å²) in [6.07, 6.45) is 14.1. The van der Waals surface area contributed by atoms with Crippen molar-refractivity contribution >= 4 is 24.7 Å². The minimum Gasteiger partial charge on any atom is -0.324 e. The van der Waals surface area contributed by atoms with Gasteiger partial charge in [0.05, 0.1) is 5.70 Å². The van der Waals surface area contributed by atoms with E-state index in [0.29, 0.717) is 0 Å². The topological polar surface area (TPSA) is 17.3 Å². The van der Waals surface area contributed by atoms with Crippen molar-refractivity contribution in [1.29, 1.82) is 0 Å². The minimum absolute atomic E-state index is 1.12. The van der Waals surface area contributed by atoms with E-state index in [9.17, 15) is 0 Å². The molecule has 1 fully saturated rings. The zero-order chi connectivity index (χ0) is 16.9. The summed E-state index contributed by atoms with van der Waals surface area (Å²) in [4.78, 5) is 5.00. The Hall–Kier alpha value is -2.03. The van der Waals surface area contributed by atoms with Crippen molar-refractivity contribution in [2.45, 2.75) is 52.4 Å². The zero-order valence-corrected chi connectivity index (χ0v) is 15.2. The van der Waals surface area contributed by atoms with E-state index in [0.717, 1.165) is 18.5 Å². The van der Waals surface area contributed by atoms with Gasteiger partial charge in [0, 0.05) is 23.8 Å². The first-order valence-corrected chi connectivity index (χ1v) is 9.16. The number of hydrogen-bond donors (Lipinski definition) is 0. The monoisotopic (exact) mass is 318 g/mol. The van der Waals surface area contributed by atoms with Crippen molar-refractivity contribution < 1.29 is 0 Å². The highest BCUT2D eigenvalue weighted by Gasteiger charge is 2.09. The van der Waals surface area contributed by atoms with Crippen LogP contribution in [0.2, 0.25) is 0 Å². The lowest BCUT2D eigenvalue weighted by Gasteiger charge is -2.11. The highest BCUT2D eigenvalue weighted by Crippen LogP contribution is 2.22. The molecule has 0 bridgehead atoms. The number of aromatic nitrogens is 1.